The number of hydrogen-bond acceptors (Lipinski definition) is 5. The van der Waals surface area contributed by atoms with Gasteiger partial charge in [0, 0.05) is 35.7 Å². The molecule has 0 spiro atoms. The number of ether oxygens (including phenoxy) is 1. The first-order valence-corrected chi connectivity index (χ1v) is 9.35. The SMILES string of the molecule is COC(=O)/C=C1\C(=O)C=C2C3CC4CC(CCC4(C)N21)C3(C)NC(C)=O. The summed E-state index contributed by atoms with van der Waals surface area (Å²) in [6.07, 6.45) is 6.93. The zero-order valence-corrected chi connectivity index (χ0v) is 15.8. The molecule has 6 heteroatoms. The van der Waals surface area contributed by atoms with Crippen molar-refractivity contribution in [2.45, 2.75) is 57.5 Å². The molecule has 1 amide bonds. The van der Waals surface area contributed by atoms with Gasteiger partial charge in [-0.2, -0.15) is 0 Å². The monoisotopic (exact) mass is 358 g/mol. The number of amides is 1. The van der Waals surface area contributed by atoms with Gasteiger partial charge in [0.2, 0.25) is 11.7 Å². The van der Waals surface area contributed by atoms with E-state index in [0.29, 0.717) is 17.5 Å². The maximum atomic E-state index is 12.7. The van der Waals surface area contributed by atoms with E-state index in [1.807, 2.05) is 0 Å². The van der Waals surface area contributed by atoms with E-state index in [2.05, 4.69) is 24.1 Å². The van der Waals surface area contributed by atoms with Crippen molar-refractivity contribution >= 4 is 17.7 Å². The number of allylic oxidation sites excluding steroid dienone is 1. The molecule has 2 aliphatic heterocycles. The summed E-state index contributed by atoms with van der Waals surface area (Å²) in [5, 5.41) is 3.22. The van der Waals surface area contributed by atoms with E-state index in [9.17, 15) is 14.4 Å². The number of nitrogens with one attached hydrogen (secondary N) is 1. The number of carbonyl (C=O) groups excluding carboxylic acids is 3. The molecule has 2 saturated carbocycles. The fraction of sp³-hybridized carbons (Fsp3) is 0.650. The quantitative estimate of drug-likeness (QED) is 0.603. The number of esters is 1. The van der Waals surface area contributed by atoms with Gasteiger partial charge in [-0.05, 0) is 51.4 Å². The second-order valence-electron chi connectivity index (χ2n) is 8.60. The molecule has 1 N–H and O–H groups in total. The largest absolute Gasteiger partial charge is 0.466 e. The summed E-state index contributed by atoms with van der Waals surface area (Å²) in [5.41, 5.74) is 0.830. The molecular formula is C20H26N2O4. The molecule has 4 aliphatic rings. The lowest BCUT2D eigenvalue weighted by molar-refractivity contribution is -0.135. The number of hydrogen-bond donors (Lipinski definition) is 1. The minimum atomic E-state index is -0.513. The van der Waals surface area contributed by atoms with Crippen LogP contribution in [-0.2, 0) is 19.1 Å². The van der Waals surface area contributed by atoms with Gasteiger partial charge in [-0.25, -0.2) is 4.79 Å². The molecule has 0 aromatic rings. The van der Waals surface area contributed by atoms with E-state index in [1.165, 1.54) is 13.2 Å². The van der Waals surface area contributed by atoms with Crippen LogP contribution in [0.5, 0.6) is 0 Å². The van der Waals surface area contributed by atoms with E-state index in [-0.39, 0.29) is 28.7 Å². The van der Waals surface area contributed by atoms with Gasteiger partial charge in [-0.3, -0.25) is 9.59 Å². The maximum absolute atomic E-state index is 12.7. The van der Waals surface area contributed by atoms with Gasteiger partial charge in [0.1, 0.15) is 0 Å². The first kappa shape index (κ1) is 17.3. The fourth-order valence-corrected chi connectivity index (χ4v) is 6.04. The second kappa shape index (κ2) is 5.44. The smallest absolute Gasteiger partial charge is 0.332 e. The second-order valence-corrected chi connectivity index (χ2v) is 8.60. The molecule has 1 saturated heterocycles. The van der Waals surface area contributed by atoms with Crippen molar-refractivity contribution in [3.05, 3.63) is 23.5 Å². The Morgan fingerprint density at radius 2 is 2.04 bits per heavy atom. The van der Waals surface area contributed by atoms with Crippen LogP contribution in [0.25, 0.3) is 0 Å². The number of ketones is 1. The Morgan fingerprint density at radius 3 is 2.69 bits per heavy atom. The van der Waals surface area contributed by atoms with Crippen LogP contribution >= 0.6 is 0 Å². The molecule has 0 aromatic carbocycles. The molecular weight excluding hydrogens is 332 g/mol. The van der Waals surface area contributed by atoms with Crippen molar-refractivity contribution in [1.82, 2.24) is 10.2 Å². The van der Waals surface area contributed by atoms with Crippen molar-refractivity contribution in [3.63, 3.8) is 0 Å². The summed E-state index contributed by atoms with van der Waals surface area (Å²) in [5.74, 6) is 0.239. The molecule has 26 heavy (non-hydrogen) atoms. The van der Waals surface area contributed by atoms with Crippen LogP contribution < -0.4 is 5.32 Å². The Bertz CT molecular complexity index is 770. The third-order valence-corrected chi connectivity index (χ3v) is 7.34. The Labute approximate surface area is 153 Å². The lowest BCUT2D eigenvalue weighted by Crippen LogP contribution is -2.70. The highest BCUT2D eigenvalue weighted by atomic mass is 16.5. The highest BCUT2D eigenvalue weighted by Gasteiger charge is 2.63. The summed E-state index contributed by atoms with van der Waals surface area (Å²) in [4.78, 5) is 38.6. The van der Waals surface area contributed by atoms with E-state index >= 15 is 0 Å². The highest BCUT2D eigenvalue weighted by Crippen LogP contribution is 2.62. The lowest BCUT2D eigenvalue weighted by Gasteiger charge is -2.66. The van der Waals surface area contributed by atoms with Crippen LogP contribution in [0.2, 0.25) is 0 Å². The van der Waals surface area contributed by atoms with E-state index in [4.69, 9.17) is 4.74 Å². The third-order valence-electron chi connectivity index (χ3n) is 7.34. The number of fused-ring (bicyclic) bond motifs is 5. The highest BCUT2D eigenvalue weighted by molar-refractivity contribution is 6.10. The molecule has 0 aromatic heterocycles. The Morgan fingerprint density at radius 1 is 1.31 bits per heavy atom. The number of methoxy groups -OCH3 is 1. The first-order chi connectivity index (χ1) is 12.2. The van der Waals surface area contributed by atoms with Crippen molar-refractivity contribution < 1.29 is 19.1 Å². The number of carbonyl (C=O) groups is 3. The minimum absolute atomic E-state index is 0.0355. The zero-order valence-electron chi connectivity index (χ0n) is 15.8. The molecule has 6 nitrogen and oxygen atoms in total. The average Bonchev–Trinajstić information content (AvgIpc) is 2.89. The van der Waals surface area contributed by atoms with Gasteiger partial charge < -0.3 is 15.0 Å². The molecule has 2 aliphatic carbocycles. The summed E-state index contributed by atoms with van der Waals surface area (Å²) < 4.78 is 4.77. The summed E-state index contributed by atoms with van der Waals surface area (Å²) in [7, 11) is 1.32. The molecule has 2 heterocycles. The molecule has 140 valence electrons. The van der Waals surface area contributed by atoms with Gasteiger partial charge in [0.15, 0.2) is 0 Å². The summed E-state index contributed by atoms with van der Waals surface area (Å²) >= 11 is 0. The van der Waals surface area contributed by atoms with Gasteiger partial charge in [0.05, 0.1) is 18.9 Å². The third kappa shape index (κ3) is 2.14. The predicted molar refractivity (Wildman–Crippen MR) is 94.6 cm³/mol. The van der Waals surface area contributed by atoms with Crippen LogP contribution in [0.3, 0.4) is 0 Å². The Hall–Kier alpha value is -2.11. The van der Waals surface area contributed by atoms with Crippen LogP contribution in [0, 0.1) is 17.8 Å². The van der Waals surface area contributed by atoms with Gasteiger partial charge in [-0.15, -0.1) is 0 Å². The summed E-state index contributed by atoms with van der Waals surface area (Å²) in [6, 6.07) is 0. The molecule has 5 atom stereocenters. The van der Waals surface area contributed by atoms with Crippen molar-refractivity contribution in [2.75, 3.05) is 7.11 Å². The van der Waals surface area contributed by atoms with Gasteiger partial charge >= 0.3 is 5.97 Å². The molecule has 3 bridgehead atoms. The molecule has 5 unspecified atom stereocenters. The fourth-order valence-electron chi connectivity index (χ4n) is 6.04. The molecule has 0 radical (unpaired) electrons. The lowest BCUT2D eigenvalue weighted by atomic mass is 9.50. The average molecular weight is 358 g/mol. The van der Waals surface area contributed by atoms with Crippen LogP contribution in [0.1, 0.15) is 46.5 Å². The van der Waals surface area contributed by atoms with Gasteiger partial charge in [-0.1, -0.05) is 0 Å². The normalized spacial score (nSPS) is 41.8. The van der Waals surface area contributed by atoms with E-state index < -0.39 is 5.97 Å². The number of piperidine rings is 1. The molecule has 4 rings (SSSR count). The van der Waals surface area contributed by atoms with Crippen LogP contribution in [0.4, 0.5) is 0 Å². The molecule has 3 fully saturated rings. The van der Waals surface area contributed by atoms with E-state index in [1.54, 1.807) is 13.0 Å². The zero-order chi connectivity index (χ0) is 18.9. The van der Waals surface area contributed by atoms with Crippen molar-refractivity contribution in [2.24, 2.45) is 17.8 Å². The topological polar surface area (TPSA) is 75.7 Å². The summed E-state index contributed by atoms with van der Waals surface area (Å²) in [6.45, 7) is 5.89. The van der Waals surface area contributed by atoms with Crippen molar-refractivity contribution in [3.8, 4) is 0 Å². The van der Waals surface area contributed by atoms with Crippen molar-refractivity contribution in [1.29, 1.82) is 0 Å². The predicted octanol–water partition coefficient (Wildman–Crippen LogP) is 1.92. The standard InChI is InChI=1S/C20H26N2O4/c1-11(23)21-20(3)12-5-6-19(2)13(7-12)8-14(20)15-9-17(24)16(22(15)19)10-18(25)26-4/h9-10,12-14H,5-8H2,1-4H3,(H,21,23)/b16-10+. The van der Waals surface area contributed by atoms with Crippen LogP contribution in [-0.4, -0.2) is 40.7 Å². The number of nitrogens with zero attached hydrogens (tertiary/aromatic N) is 1. The van der Waals surface area contributed by atoms with E-state index in [0.717, 1.165) is 31.4 Å². The first-order valence-electron chi connectivity index (χ1n) is 9.35. The number of rotatable bonds is 2. The maximum Gasteiger partial charge on any atom is 0.332 e. The van der Waals surface area contributed by atoms with Gasteiger partial charge in [0.25, 0.3) is 0 Å². The van der Waals surface area contributed by atoms with Crippen LogP contribution in [0.15, 0.2) is 23.5 Å². The Kier molecular flexibility index (Phi) is 3.62. The minimum Gasteiger partial charge on any atom is -0.466 e. The Balaban J connectivity index is 1.84.